The van der Waals surface area contributed by atoms with E-state index in [0.717, 1.165) is 24.3 Å². The molecule has 0 radical (unpaired) electrons. The highest BCUT2D eigenvalue weighted by Crippen LogP contribution is 2.30. The lowest BCUT2D eigenvalue weighted by Gasteiger charge is -2.09. The van der Waals surface area contributed by atoms with E-state index in [1.165, 1.54) is 18.2 Å². The van der Waals surface area contributed by atoms with Crippen LogP contribution in [0.2, 0.25) is 0 Å². The van der Waals surface area contributed by atoms with Gasteiger partial charge in [-0.25, -0.2) is 4.79 Å². The van der Waals surface area contributed by atoms with Gasteiger partial charge >= 0.3 is 12.1 Å². The molecule has 0 atom stereocenters. The van der Waals surface area contributed by atoms with Crippen molar-refractivity contribution < 1.29 is 27.9 Å². The van der Waals surface area contributed by atoms with Crippen LogP contribution >= 0.6 is 15.9 Å². The number of carboxylic acid groups (broad SMARTS) is 1. The second-order valence-electron chi connectivity index (χ2n) is 3.91. The van der Waals surface area contributed by atoms with Crippen molar-refractivity contribution in [2.75, 3.05) is 5.33 Å². The summed E-state index contributed by atoms with van der Waals surface area (Å²) in [5.74, 6) is -1.56. The fraction of sp³-hybridized carbons (Fsp3) is 0.143. The Labute approximate surface area is 126 Å². The van der Waals surface area contributed by atoms with Crippen molar-refractivity contribution in [3.63, 3.8) is 0 Å². The Hall–Kier alpha value is -1.89. The average molecular weight is 363 g/mol. The van der Waals surface area contributed by atoms with Crippen molar-refractivity contribution in [2.24, 2.45) is 0 Å². The summed E-state index contributed by atoms with van der Waals surface area (Å²) in [7, 11) is 0. The number of alkyl halides is 4. The Balaban J connectivity index is 3.16. The second-order valence-corrected chi connectivity index (χ2v) is 4.47. The molecule has 0 saturated carbocycles. The average Bonchev–Trinajstić information content (AvgIpc) is 2.42. The van der Waals surface area contributed by atoms with Gasteiger partial charge in [0.25, 0.3) is 0 Å². The fourth-order valence-electron chi connectivity index (χ4n) is 1.49. The monoisotopic (exact) mass is 362 g/mol. The number of rotatable bonds is 5. The highest BCUT2D eigenvalue weighted by Gasteiger charge is 2.30. The minimum absolute atomic E-state index is 0.0270. The standard InChI is InChI=1S/C14H10BrF3O3/c15-8-12(19)11(2-1-3-13(20)21)9-4-6-10(7-5-9)14(16,17)18/h1-7H,8H2,(H,20,21). The molecule has 0 heterocycles. The van der Waals surface area contributed by atoms with Crippen LogP contribution in [0.25, 0.3) is 5.57 Å². The maximum Gasteiger partial charge on any atom is 0.416 e. The zero-order valence-electron chi connectivity index (χ0n) is 10.5. The summed E-state index contributed by atoms with van der Waals surface area (Å²) in [5, 5.41) is 8.46. The van der Waals surface area contributed by atoms with E-state index < -0.39 is 17.7 Å². The Kier molecular flexibility index (Phi) is 5.90. The van der Waals surface area contributed by atoms with Crippen LogP contribution in [0, 0.1) is 0 Å². The number of allylic oxidation sites excluding steroid dienone is 3. The molecule has 0 bridgehead atoms. The molecular formula is C14H10BrF3O3. The van der Waals surface area contributed by atoms with Crippen molar-refractivity contribution >= 4 is 33.3 Å². The van der Waals surface area contributed by atoms with E-state index in [4.69, 9.17) is 5.11 Å². The first-order valence-corrected chi connectivity index (χ1v) is 6.76. The van der Waals surface area contributed by atoms with Crippen molar-refractivity contribution in [3.8, 4) is 0 Å². The molecule has 0 amide bonds. The molecule has 1 aromatic carbocycles. The van der Waals surface area contributed by atoms with Gasteiger partial charge in [-0.1, -0.05) is 40.2 Å². The van der Waals surface area contributed by atoms with Gasteiger partial charge in [-0.2, -0.15) is 13.2 Å². The lowest BCUT2D eigenvalue weighted by Crippen LogP contribution is -2.06. The first-order valence-electron chi connectivity index (χ1n) is 5.64. The molecule has 21 heavy (non-hydrogen) atoms. The number of Topliss-reactive ketones (excluding diaryl/α,β-unsaturated/α-hetero) is 1. The third-order valence-corrected chi connectivity index (χ3v) is 2.96. The summed E-state index contributed by atoms with van der Waals surface area (Å²) in [4.78, 5) is 22.1. The summed E-state index contributed by atoms with van der Waals surface area (Å²) in [6, 6.07) is 4.07. The van der Waals surface area contributed by atoms with Crippen molar-refractivity contribution in [3.05, 3.63) is 53.6 Å². The smallest absolute Gasteiger partial charge is 0.416 e. The van der Waals surface area contributed by atoms with Crippen molar-refractivity contribution in [2.45, 2.75) is 6.18 Å². The number of halogens is 4. The number of aliphatic carboxylic acids is 1. The molecule has 0 aliphatic heterocycles. The maximum absolute atomic E-state index is 12.5. The number of carboxylic acids is 1. The third-order valence-electron chi connectivity index (χ3n) is 2.45. The van der Waals surface area contributed by atoms with Crippen molar-refractivity contribution in [1.29, 1.82) is 0 Å². The molecule has 0 aliphatic carbocycles. The molecule has 0 aromatic heterocycles. The topological polar surface area (TPSA) is 54.4 Å². The van der Waals surface area contributed by atoms with Gasteiger partial charge in [0.2, 0.25) is 0 Å². The van der Waals surface area contributed by atoms with Gasteiger partial charge in [0, 0.05) is 11.6 Å². The van der Waals surface area contributed by atoms with Crippen molar-refractivity contribution in [1.82, 2.24) is 0 Å². The lowest BCUT2D eigenvalue weighted by atomic mass is 10.0. The van der Waals surface area contributed by atoms with E-state index in [1.54, 1.807) is 0 Å². The molecule has 0 saturated heterocycles. The van der Waals surface area contributed by atoms with E-state index in [-0.39, 0.29) is 22.2 Å². The second kappa shape index (κ2) is 7.21. The van der Waals surface area contributed by atoms with Crippen LogP contribution in [0.5, 0.6) is 0 Å². The number of ketones is 1. The number of hydrogen-bond acceptors (Lipinski definition) is 2. The van der Waals surface area contributed by atoms with Gasteiger partial charge in [-0.05, 0) is 17.7 Å². The zero-order chi connectivity index (χ0) is 16.0. The number of benzene rings is 1. The van der Waals surface area contributed by atoms with Gasteiger partial charge in [-0.3, -0.25) is 4.79 Å². The van der Waals surface area contributed by atoms with Gasteiger partial charge in [0.05, 0.1) is 10.9 Å². The van der Waals surface area contributed by atoms with E-state index in [9.17, 15) is 22.8 Å². The molecule has 0 fully saturated rings. The van der Waals surface area contributed by atoms with Crippen LogP contribution in [-0.2, 0) is 15.8 Å². The fourth-order valence-corrected chi connectivity index (χ4v) is 1.79. The number of carbonyl (C=O) groups excluding carboxylic acids is 1. The summed E-state index contributed by atoms with van der Waals surface area (Å²) < 4.78 is 37.4. The van der Waals surface area contributed by atoms with Crippen LogP contribution in [-0.4, -0.2) is 22.2 Å². The van der Waals surface area contributed by atoms with Gasteiger partial charge in [-0.15, -0.1) is 0 Å². The SMILES string of the molecule is O=C(O)C=CC=C(C(=O)CBr)c1ccc(C(F)(F)F)cc1. The van der Waals surface area contributed by atoms with Crippen LogP contribution < -0.4 is 0 Å². The molecule has 0 spiro atoms. The summed E-state index contributed by atoms with van der Waals surface area (Å²) >= 11 is 2.97. The summed E-state index contributed by atoms with van der Waals surface area (Å²) in [5.41, 5.74) is -0.418. The Morgan fingerprint density at radius 1 is 1.19 bits per heavy atom. The Morgan fingerprint density at radius 2 is 1.76 bits per heavy atom. The predicted octanol–water partition coefficient (Wildman–Crippen LogP) is 3.69. The Morgan fingerprint density at radius 3 is 2.19 bits per heavy atom. The molecule has 1 rings (SSSR count). The highest BCUT2D eigenvalue weighted by molar-refractivity contribution is 9.09. The maximum atomic E-state index is 12.5. The molecule has 1 aromatic rings. The minimum Gasteiger partial charge on any atom is -0.478 e. The first kappa shape index (κ1) is 17.2. The highest BCUT2D eigenvalue weighted by atomic mass is 79.9. The van der Waals surface area contributed by atoms with Gasteiger partial charge < -0.3 is 5.11 Å². The predicted molar refractivity (Wildman–Crippen MR) is 75.0 cm³/mol. The first-order chi connectivity index (χ1) is 9.75. The van der Waals surface area contributed by atoms with E-state index >= 15 is 0 Å². The van der Waals surface area contributed by atoms with Crippen LogP contribution in [0.3, 0.4) is 0 Å². The number of hydrogen-bond donors (Lipinski definition) is 1. The molecule has 1 N–H and O–H groups in total. The van der Waals surface area contributed by atoms with Gasteiger partial charge in [0.15, 0.2) is 5.78 Å². The molecule has 0 unspecified atom stereocenters. The lowest BCUT2D eigenvalue weighted by molar-refractivity contribution is -0.137. The van der Waals surface area contributed by atoms with E-state index in [2.05, 4.69) is 15.9 Å². The van der Waals surface area contributed by atoms with E-state index in [1.807, 2.05) is 0 Å². The van der Waals surface area contributed by atoms with Gasteiger partial charge in [0.1, 0.15) is 0 Å². The largest absolute Gasteiger partial charge is 0.478 e. The molecule has 7 heteroatoms. The van der Waals surface area contributed by atoms with E-state index in [0.29, 0.717) is 0 Å². The summed E-state index contributed by atoms with van der Waals surface area (Å²) in [6.45, 7) is 0. The molecular weight excluding hydrogens is 353 g/mol. The van der Waals surface area contributed by atoms with Crippen LogP contribution in [0.15, 0.2) is 42.5 Å². The molecule has 3 nitrogen and oxygen atoms in total. The Bertz CT molecular complexity index is 586. The molecule has 0 aliphatic rings. The number of carbonyl (C=O) groups is 2. The quantitative estimate of drug-likeness (QED) is 0.493. The third kappa shape index (κ3) is 5.18. The minimum atomic E-state index is -4.45. The summed E-state index contributed by atoms with van der Waals surface area (Å²) in [6.07, 6.45) is -1.23. The zero-order valence-corrected chi connectivity index (χ0v) is 12.1. The van der Waals surface area contributed by atoms with Crippen LogP contribution in [0.1, 0.15) is 11.1 Å². The normalized spacial score (nSPS) is 12.7. The van der Waals surface area contributed by atoms with Crippen LogP contribution in [0.4, 0.5) is 13.2 Å². The molecule has 112 valence electrons.